The van der Waals surface area contributed by atoms with E-state index in [1.54, 1.807) is 23.5 Å². The minimum absolute atomic E-state index is 0.212. The normalized spacial score (nSPS) is 14.3. The number of thiazole rings is 1. The van der Waals surface area contributed by atoms with Crippen LogP contribution < -0.4 is 4.90 Å². The van der Waals surface area contributed by atoms with Crippen LogP contribution in [-0.2, 0) is 0 Å². The molecule has 0 atom stereocenters. The molecular weight excluding hydrogens is 415 g/mol. The van der Waals surface area contributed by atoms with Gasteiger partial charge in [-0.2, -0.15) is 0 Å². The van der Waals surface area contributed by atoms with Gasteiger partial charge in [0.1, 0.15) is 17.3 Å². The number of hydrogen-bond donors (Lipinski definition) is 0. The first-order chi connectivity index (χ1) is 12.5. The number of rotatable bonds is 3. The van der Waals surface area contributed by atoms with Crippen LogP contribution in [0.2, 0.25) is 0 Å². The summed E-state index contributed by atoms with van der Waals surface area (Å²) in [5, 5.41) is 2.86. The molecule has 26 heavy (non-hydrogen) atoms. The number of imidazole rings is 1. The highest BCUT2D eigenvalue weighted by atomic mass is 79.9. The van der Waals surface area contributed by atoms with E-state index in [1.165, 1.54) is 6.08 Å². The van der Waals surface area contributed by atoms with Crippen LogP contribution >= 0.6 is 27.3 Å². The zero-order valence-electron chi connectivity index (χ0n) is 14.3. The zero-order chi connectivity index (χ0) is 18.3. The Hall–Kier alpha value is -2.25. The molecule has 0 saturated carbocycles. The van der Waals surface area contributed by atoms with E-state index in [0.717, 1.165) is 38.0 Å². The molecule has 3 heterocycles. The largest absolute Gasteiger partial charge is 0.305 e. The number of halogens is 2. The van der Waals surface area contributed by atoms with Crippen molar-refractivity contribution in [2.45, 2.75) is 13.3 Å². The molecule has 0 radical (unpaired) electrons. The molecule has 1 aliphatic rings. The van der Waals surface area contributed by atoms with E-state index < -0.39 is 0 Å². The van der Waals surface area contributed by atoms with Gasteiger partial charge in [-0.05, 0) is 59.1 Å². The highest BCUT2D eigenvalue weighted by Crippen LogP contribution is 2.33. The first-order valence-corrected chi connectivity index (χ1v) is 9.78. The zero-order valence-corrected chi connectivity index (χ0v) is 16.7. The van der Waals surface area contributed by atoms with Crippen LogP contribution in [0.3, 0.4) is 0 Å². The Morgan fingerprint density at radius 3 is 2.92 bits per heavy atom. The maximum atomic E-state index is 13.4. The van der Waals surface area contributed by atoms with Crippen LogP contribution in [0, 0.1) is 6.92 Å². The Labute approximate surface area is 163 Å². The summed E-state index contributed by atoms with van der Waals surface area (Å²) in [7, 11) is 1.98. The molecule has 0 spiro atoms. The third-order valence-corrected chi connectivity index (χ3v) is 5.58. The summed E-state index contributed by atoms with van der Waals surface area (Å²) in [6.45, 7) is 1.99. The monoisotopic (exact) mass is 430 g/mol. The van der Waals surface area contributed by atoms with Gasteiger partial charge in [0, 0.05) is 23.1 Å². The predicted molar refractivity (Wildman–Crippen MR) is 109 cm³/mol. The Morgan fingerprint density at radius 1 is 1.23 bits per heavy atom. The summed E-state index contributed by atoms with van der Waals surface area (Å²) in [5.41, 5.74) is 3.61. The van der Waals surface area contributed by atoms with E-state index in [0.29, 0.717) is 6.42 Å². The Morgan fingerprint density at radius 2 is 2.08 bits per heavy atom. The molecule has 0 N–H and O–H groups in total. The summed E-state index contributed by atoms with van der Waals surface area (Å²) in [5.74, 6) is 0.760. The number of nitrogens with zero attached hydrogens (tertiary/aromatic N) is 4. The second kappa shape index (κ2) is 6.81. The summed E-state index contributed by atoms with van der Waals surface area (Å²) >= 11 is 5.07. The second-order valence-electron chi connectivity index (χ2n) is 5.99. The van der Waals surface area contributed by atoms with Crippen LogP contribution in [0.5, 0.6) is 0 Å². The lowest BCUT2D eigenvalue weighted by Gasteiger charge is -2.16. The van der Waals surface area contributed by atoms with E-state index in [1.807, 2.05) is 53.1 Å². The first kappa shape index (κ1) is 17.2. The van der Waals surface area contributed by atoms with Crippen molar-refractivity contribution in [3.63, 3.8) is 0 Å². The minimum Gasteiger partial charge on any atom is -0.305 e. The Bertz CT molecular complexity index is 1080. The molecule has 4 nitrogen and oxygen atoms in total. The lowest BCUT2D eigenvalue weighted by atomic mass is 10.2. The molecule has 0 unspecified atom stereocenters. The van der Waals surface area contributed by atoms with Gasteiger partial charge in [-0.3, -0.25) is 4.40 Å². The summed E-state index contributed by atoms with van der Waals surface area (Å²) in [4.78, 5) is 11.4. The van der Waals surface area contributed by atoms with Gasteiger partial charge in [-0.15, -0.1) is 11.3 Å². The molecule has 0 saturated heterocycles. The summed E-state index contributed by atoms with van der Waals surface area (Å²) in [6.07, 6.45) is 9.36. The molecule has 0 fully saturated rings. The topological polar surface area (TPSA) is 33.4 Å². The summed E-state index contributed by atoms with van der Waals surface area (Å²) in [6, 6.07) is 3.95. The highest BCUT2D eigenvalue weighted by molar-refractivity contribution is 9.10. The first-order valence-electron chi connectivity index (χ1n) is 8.10. The quantitative estimate of drug-likeness (QED) is 0.524. The van der Waals surface area contributed by atoms with Gasteiger partial charge in [0.25, 0.3) is 0 Å². The average Bonchev–Trinajstić information content (AvgIpc) is 3.15. The molecule has 1 aliphatic carbocycles. The lowest BCUT2D eigenvalue weighted by Crippen LogP contribution is -2.12. The van der Waals surface area contributed by atoms with E-state index in [4.69, 9.17) is 4.98 Å². The van der Waals surface area contributed by atoms with E-state index >= 15 is 0 Å². The van der Waals surface area contributed by atoms with Crippen LogP contribution in [0.4, 0.5) is 15.3 Å². The Kier molecular flexibility index (Phi) is 4.50. The van der Waals surface area contributed by atoms with Crippen LogP contribution in [-0.4, -0.2) is 21.4 Å². The third-order valence-electron chi connectivity index (χ3n) is 4.19. The van der Waals surface area contributed by atoms with Crippen molar-refractivity contribution in [3.05, 3.63) is 69.7 Å². The number of pyridine rings is 1. The fraction of sp³-hybridized carbons (Fsp3) is 0.158. The number of aryl methyl sites for hydroxylation is 1. The standard InChI is InChI=1S/C19H16BrFN4S/c1-12-18(25-10-14(20)7-9-17(25)22-12)24(2)19-23-16(11-26-19)13-4-3-5-15(21)8-6-13/h4-11H,3H2,1-2H3. The van der Waals surface area contributed by atoms with Crippen LogP contribution in [0.1, 0.15) is 17.8 Å². The number of anilines is 2. The van der Waals surface area contributed by atoms with E-state index in [-0.39, 0.29) is 5.83 Å². The number of fused-ring (bicyclic) bond motifs is 1. The van der Waals surface area contributed by atoms with Gasteiger partial charge in [-0.1, -0.05) is 12.2 Å². The number of allylic oxidation sites excluding steroid dienone is 6. The van der Waals surface area contributed by atoms with Gasteiger partial charge < -0.3 is 4.90 Å². The number of aromatic nitrogens is 3. The summed E-state index contributed by atoms with van der Waals surface area (Å²) < 4.78 is 16.4. The number of hydrogen-bond acceptors (Lipinski definition) is 4. The van der Waals surface area contributed by atoms with Crippen molar-refractivity contribution < 1.29 is 4.39 Å². The third kappa shape index (κ3) is 3.12. The molecular formula is C19H16BrFN4S. The molecule has 0 aliphatic heterocycles. The van der Waals surface area contributed by atoms with Gasteiger partial charge in [0.2, 0.25) is 0 Å². The molecule has 0 bridgehead atoms. The van der Waals surface area contributed by atoms with Crippen molar-refractivity contribution in [2.75, 3.05) is 11.9 Å². The smallest absolute Gasteiger partial charge is 0.191 e. The Balaban J connectivity index is 1.70. The predicted octanol–water partition coefficient (Wildman–Crippen LogP) is 5.83. The highest BCUT2D eigenvalue weighted by Gasteiger charge is 2.18. The molecule has 3 aromatic heterocycles. The lowest BCUT2D eigenvalue weighted by molar-refractivity contribution is 0.663. The van der Waals surface area contributed by atoms with E-state index in [2.05, 4.69) is 20.9 Å². The minimum atomic E-state index is -0.212. The van der Waals surface area contributed by atoms with Crippen molar-refractivity contribution in [3.8, 4) is 0 Å². The molecule has 7 heteroatoms. The van der Waals surface area contributed by atoms with Gasteiger partial charge in [0.15, 0.2) is 5.13 Å². The van der Waals surface area contributed by atoms with Crippen molar-refractivity contribution in [1.82, 2.24) is 14.4 Å². The molecule has 3 aromatic rings. The fourth-order valence-electron chi connectivity index (χ4n) is 2.96. The molecule has 0 amide bonds. The average molecular weight is 431 g/mol. The van der Waals surface area contributed by atoms with Crippen LogP contribution in [0.25, 0.3) is 11.2 Å². The van der Waals surface area contributed by atoms with Crippen molar-refractivity contribution in [1.29, 1.82) is 0 Å². The van der Waals surface area contributed by atoms with Crippen molar-refractivity contribution in [2.24, 2.45) is 0 Å². The maximum Gasteiger partial charge on any atom is 0.191 e. The van der Waals surface area contributed by atoms with Crippen LogP contribution in [0.15, 0.2) is 58.3 Å². The SMILES string of the molecule is Cc1nc2ccc(Br)cn2c1N(C)c1nc(C2=CCC=C(F)C=C2)cs1. The van der Waals surface area contributed by atoms with E-state index in [9.17, 15) is 4.39 Å². The maximum absolute atomic E-state index is 13.4. The van der Waals surface area contributed by atoms with Gasteiger partial charge in [-0.25, -0.2) is 14.4 Å². The van der Waals surface area contributed by atoms with Gasteiger partial charge in [0.05, 0.1) is 11.4 Å². The van der Waals surface area contributed by atoms with Gasteiger partial charge >= 0.3 is 0 Å². The van der Waals surface area contributed by atoms with Crippen molar-refractivity contribution >= 4 is 49.4 Å². The molecule has 0 aromatic carbocycles. The molecule has 4 rings (SSSR count). The molecule has 132 valence electrons. The second-order valence-corrected chi connectivity index (χ2v) is 7.74. The fourth-order valence-corrected chi connectivity index (χ4v) is 4.10.